The number of pyridine rings is 2. The van der Waals surface area contributed by atoms with Crippen molar-refractivity contribution in [2.75, 3.05) is 0 Å². The summed E-state index contributed by atoms with van der Waals surface area (Å²) in [4.78, 5) is 22.2. The van der Waals surface area contributed by atoms with Crippen LogP contribution >= 0.6 is 0 Å². The Morgan fingerprint density at radius 2 is 1.55 bits per heavy atom. The first kappa shape index (κ1) is 18.6. The Morgan fingerprint density at radius 1 is 0.897 bits per heavy atom. The van der Waals surface area contributed by atoms with Crippen LogP contribution < -0.4 is 5.56 Å². The van der Waals surface area contributed by atoms with E-state index in [1.807, 2.05) is 63.2 Å². The topological polar surface area (TPSA) is 67.5 Å². The van der Waals surface area contributed by atoms with Crippen LogP contribution in [0, 0.1) is 20.8 Å². The SMILES string of the molecule is Cc1cccc(-n2c(O)c(C=Nc3c(C)cccc3C)c3ccccc3c2=O)n1. The number of aromatic hydroxyl groups is 1. The Labute approximate surface area is 168 Å². The minimum absolute atomic E-state index is 0.179. The summed E-state index contributed by atoms with van der Waals surface area (Å²) >= 11 is 0. The molecule has 0 aliphatic carbocycles. The number of benzene rings is 2. The molecule has 29 heavy (non-hydrogen) atoms. The summed E-state index contributed by atoms with van der Waals surface area (Å²) in [6, 6.07) is 18.5. The molecule has 0 unspecified atom stereocenters. The fraction of sp³-hybridized carbons (Fsp3) is 0.125. The quantitative estimate of drug-likeness (QED) is 0.518. The van der Waals surface area contributed by atoms with Crippen molar-refractivity contribution in [3.63, 3.8) is 0 Å². The van der Waals surface area contributed by atoms with E-state index in [2.05, 4.69) is 9.98 Å². The average Bonchev–Trinajstić information content (AvgIpc) is 2.70. The van der Waals surface area contributed by atoms with Gasteiger partial charge < -0.3 is 5.11 Å². The fourth-order valence-electron chi connectivity index (χ4n) is 3.49. The molecular formula is C24H21N3O2. The van der Waals surface area contributed by atoms with Gasteiger partial charge in [-0.3, -0.25) is 9.79 Å². The molecule has 0 spiro atoms. The smallest absolute Gasteiger partial charge is 0.267 e. The highest BCUT2D eigenvalue weighted by Gasteiger charge is 2.17. The average molecular weight is 383 g/mol. The minimum Gasteiger partial charge on any atom is -0.494 e. The molecule has 2 aromatic heterocycles. The van der Waals surface area contributed by atoms with Crippen molar-refractivity contribution in [3.8, 4) is 11.7 Å². The van der Waals surface area contributed by atoms with E-state index in [0.29, 0.717) is 22.2 Å². The van der Waals surface area contributed by atoms with Gasteiger partial charge in [0.15, 0.2) is 0 Å². The molecule has 2 aromatic carbocycles. The first-order valence-electron chi connectivity index (χ1n) is 9.38. The normalized spacial score (nSPS) is 11.4. The van der Waals surface area contributed by atoms with Crippen molar-refractivity contribution in [1.82, 2.24) is 9.55 Å². The van der Waals surface area contributed by atoms with E-state index in [1.165, 1.54) is 4.57 Å². The maximum absolute atomic E-state index is 13.1. The molecule has 4 aromatic rings. The summed E-state index contributed by atoms with van der Waals surface area (Å²) in [6.07, 6.45) is 1.62. The zero-order valence-electron chi connectivity index (χ0n) is 16.5. The van der Waals surface area contributed by atoms with Gasteiger partial charge in [-0.05, 0) is 50.1 Å². The summed E-state index contributed by atoms with van der Waals surface area (Å²) in [5, 5.41) is 12.2. The summed E-state index contributed by atoms with van der Waals surface area (Å²) in [5.41, 5.74) is 3.85. The van der Waals surface area contributed by atoms with E-state index in [9.17, 15) is 9.90 Å². The molecule has 1 N–H and O–H groups in total. The van der Waals surface area contributed by atoms with Crippen LogP contribution in [0.3, 0.4) is 0 Å². The van der Waals surface area contributed by atoms with Gasteiger partial charge in [0.2, 0.25) is 5.88 Å². The molecule has 0 amide bonds. The highest BCUT2D eigenvalue weighted by molar-refractivity contribution is 6.02. The second kappa shape index (κ2) is 7.36. The van der Waals surface area contributed by atoms with E-state index in [1.54, 1.807) is 24.4 Å². The molecule has 144 valence electrons. The predicted molar refractivity (Wildman–Crippen MR) is 117 cm³/mol. The molecule has 2 heterocycles. The van der Waals surface area contributed by atoms with Crippen molar-refractivity contribution in [1.29, 1.82) is 0 Å². The van der Waals surface area contributed by atoms with Crippen LogP contribution in [-0.2, 0) is 0 Å². The minimum atomic E-state index is -0.319. The number of rotatable bonds is 3. The fourth-order valence-corrected chi connectivity index (χ4v) is 3.49. The standard InChI is InChI=1S/C24H21N3O2/c1-15-8-6-9-16(2)22(15)25-14-20-18-11-4-5-12-19(18)23(28)27(24(20)29)21-13-7-10-17(3)26-21/h4-14,29H,1-3H3. The number of hydrogen-bond acceptors (Lipinski definition) is 4. The lowest BCUT2D eigenvalue weighted by Crippen LogP contribution is -2.21. The number of aryl methyl sites for hydroxylation is 3. The molecule has 0 saturated heterocycles. The molecule has 0 aliphatic rings. The van der Waals surface area contributed by atoms with Crippen molar-refractivity contribution in [3.05, 3.63) is 93.4 Å². The van der Waals surface area contributed by atoms with E-state index < -0.39 is 0 Å². The Morgan fingerprint density at radius 3 is 2.24 bits per heavy atom. The first-order chi connectivity index (χ1) is 14.0. The second-order valence-corrected chi connectivity index (χ2v) is 7.06. The van der Waals surface area contributed by atoms with Crippen molar-refractivity contribution in [2.24, 2.45) is 4.99 Å². The van der Waals surface area contributed by atoms with Crippen LogP contribution in [0.5, 0.6) is 5.88 Å². The van der Waals surface area contributed by atoms with Gasteiger partial charge in [-0.2, -0.15) is 0 Å². The number of nitrogens with zero attached hydrogens (tertiary/aromatic N) is 3. The third-order valence-corrected chi connectivity index (χ3v) is 4.97. The van der Waals surface area contributed by atoms with Crippen LogP contribution in [0.1, 0.15) is 22.4 Å². The van der Waals surface area contributed by atoms with Gasteiger partial charge in [0, 0.05) is 22.7 Å². The van der Waals surface area contributed by atoms with Crippen LogP contribution in [0.15, 0.2) is 70.5 Å². The highest BCUT2D eigenvalue weighted by atomic mass is 16.3. The number of aliphatic imine (C=N–C) groups is 1. The highest BCUT2D eigenvalue weighted by Crippen LogP contribution is 2.28. The summed E-state index contributed by atoms with van der Waals surface area (Å²) in [5.74, 6) is 0.196. The lowest BCUT2D eigenvalue weighted by atomic mass is 10.1. The molecular weight excluding hydrogens is 362 g/mol. The maximum Gasteiger partial charge on any atom is 0.267 e. The second-order valence-electron chi connectivity index (χ2n) is 7.06. The van der Waals surface area contributed by atoms with Gasteiger partial charge in [0.25, 0.3) is 5.56 Å². The van der Waals surface area contributed by atoms with Crippen LogP contribution in [0.2, 0.25) is 0 Å². The predicted octanol–water partition coefficient (Wildman–Crippen LogP) is 4.77. The Hall–Kier alpha value is -3.73. The summed E-state index contributed by atoms with van der Waals surface area (Å²) < 4.78 is 1.24. The molecule has 4 rings (SSSR count). The molecule has 0 bridgehead atoms. The number of fused-ring (bicyclic) bond motifs is 1. The number of hydrogen-bond donors (Lipinski definition) is 1. The summed E-state index contributed by atoms with van der Waals surface area (Å²) in [7, 11) is 0. The zero-order chi connectivity index (χ0) is 20.5. The lowest BCUT2D eigenvalue weighted by molar-refractivity contribution is 0.435. The van der Waals surface area contributed by atoms with Crippen LogP contribution in [-0.4, -0.2) is 20.9 Å². The number of aromatic nitrogens is 2. The van der Waals surface area contributed by atoms with E-state index in [-0.39, 0.29) is 11.4 Å². The molecule has 5 nitrogen and oxygen atoms in total. The maximum atomic E-state index is 13.1. The third kappa shape index (κ3) is 3.31. The molecule has 5 heteroatoms. The first-order valence-corrected chi connectivity index (χ1v) is 9.38. The number of para-hydroxylation sites is 1. The molecule has 0 radical (unpaired) electrons. The van der Waals surface area contributed by atoms with Crippen molar-refractivity contribution in [2.45, 2.75) is 20.8 Å². The van der Waals surface area contributed by atoms with E-state index >= 15 is 0 Å². The van der Waals surface area contributed by atoms with Gasteiger partial charge in [-0.25, -0.2) is 9.55 Å². The Kier molecular flexibility index (Phi) is 4.72. The Balaban J connectivity index is 2.01. The van der Waals surface area contributed by atoms with E-state index in [0.717, 1.165) is 22.5 Å². The van der Waals surface area contributed by atoms with Crippen LogP contribution in [0.4, 0.5) is 5.69 Å². The van der Waals surface area contributed by atoms with Gasteiger partial charge in [-0.1, -0.05) is 42.5 Å². The largest absolute Gasteiger partial charge is 0.494 e. The molecule has 0 aliphatic heterocycles. The zero-order valence-corrected chi connectivity index (χ0v) is 16.5. The van der Waals surface area contributed by atoms with Gasteiger partial charge >= 0.3 is 0 Å². The van der Waals surface area contributed by atoms with Crippen molar-refractivity contribution < 1.29 is 5.11 Å². The molecule has 0 saturated carbocycles. The lowest BCUT2D eigenvalue weighted by Gasteiger charge is -2.13. The van der Waals surface area contributed by atoms with Crippen LogP contribution in [0.25, 0.3) is 16.6 Å². The Bertz CT molecular complexity index is 1300. The van der Waals surface area contributed by atoms with Gasteiger partial charge in [-0.15, -0.1) is 0 Å². The van der Waals surface area contributed by atoms with Gasteiger partial charge in [0.05, 0.1) is 11.3 Å². The summed E-state index contributed by atoms with van der Waals surface area (Å²) in [6.45, 7) is 5.83. The molecule has 0 fully saturated rings. The van der Waals surface area contributed by atoms with Crippen molar-refractivity contribution >= 4 is 22.7 Å². The van der Waals surface area contributed by atoms with Gasteiger partial charge in [0.1, 0.15) is 5.82 Å². The molecule has 0 atom stereocenters. The monoisotopic (exact) mass is 383 g/mol. The van der Waals surface area contributed by atoms with E-state index in [4.69, 9.17) is 0 Å². The third-order valence-electron chi connectivity index (χ3n) is 4.97.